The Morgan fingerprint density at radius 2 is 2.00 bits per heavy atom. The zero-order valence-corrected chi connectivity index (χ0v) is 8.13. The lowest BCUT2D eigenvalue weighted by Gasteiger charge is -2.25. The highest BCUT2D eigenvalue weighted by Crippen LogP contribution is 2.23. The third-order valence-electron chi connectivity index (χ3n) is 1.49. The molecule has 0 aromatic carbocycles. The van der Waals surface area contributed by atoms with Crippen LogP contribution in [0.4, 0.5) is 0 Å². The van der Waals surface area contributed by atoms with Crippen molar-refractivity contribution in [3.8, 4) is 0 Å². The molecule has 0 saturated heterocycles. The smallest absolute Gasteiger partial charge is 0.0313 e. The van der Waals surface area contributed by atoms with Gasteiger partial charge in [0.25, 0.3) is 0 Å². The SMILES string of the molecule is CNCC(C)(C)CC(C)Cl. The highest BCUT2D eigenvalue weighted by atomic mass is 35.5. The Morgan fingerprint density at radius 3 is 2.30 bits per heavy atom. The molecule has 0 aromatic heterocycles. The van der Waals surface area contributed by atoms with Crippen molar-refractivity contribution in [3.63, 3.8) is 0 Å². The van der Waals surface area contributed by atoms with Crippen LogP contribution in [0.25, 0.3) is 0 Å². The van der Waals surface area contributed by atoms with E-state index in [1.807, 2.05) is 14.0 Å². The molecule has 2 heteroatoms. The summed E-state index contributed by atoms with van der Waals surface area (Å²) in [7, 11) is 1.97. The summed E-state index contributed by atoms with van der Waals surface area (Å²) in [6.07, 6.45) is 1.06. The van der Waals surface area contributed by atoms with Crippen LogP contribution in [-0.2, 0) is 0 Å². The summed E-state index contributed by atoms with van der Waals surface area (Å²) < 4.78 is 0. The number of hydrogen-bond acceptors (Lipinski definition) is 1. The fourth-order valence-corrected chi connectivity index (χ4v) is 1.73. The number of hydrogen-bond donors (Lipinski definition) is 1. The highest BCUT2D eigenvalue weighted by Gasteiger charge is 2.18. The molecular formula is C8H18ClN. The molecule has 0 fully saturated rings. The third kappa shape index (κ3) is 5.07. The molecule has 0 aliphatic heterocycles. The van der Waals surface area contributed by atoms with Crippen molar-refractivity contribution in [1.82, 2.24) is 5.32 Å². The van der Waals surface area contributed by atoms with Gasteiger partial charge < -0.3 is 5.32 Å². The van der Waals surface area contributed by atoms with E-state index in [2.05, 4.69) is 19.2 Å². The van der Waals surface area contributed by atoms with Gasteiger partial charge >= 0.3 is 0 Å². The second kappa shape index (κ2) is 4.20. The minimum Gasteiger partial charge on any atom is -0.319 e. The molecule has 1 N–H and O–H groups in total. The van der Waals surface area contributed by atoms with Crippen LogP contribution in [0.5, 0.6) is 0 Å². The Bertz CT molecular complexity index is 89.3. The predicted molar refractivity (Wildman–Crippen MR) is 47.6 cm³/mol. The van der Waals surface area contributed by atoms with E-state index in [1.54, 1.807) is 0 Å². The Kier molecular flexibility index (Phi) is 4.30. The summed E-state index contributed by atoms with van der Waals surface area (Å²) in [5, 5.41) is 3.44. The Labute approximate surface area is 69.1 Å². The van der Waals surface area contributed by atoms with E-state index in [0.717, 1.165) is 13.0 Å². The van der Waals surface area contributed by atoms with Gasteiger partial charge in [-0.3, -0.25) is 0 Å². The molecule has 10 heavy (non-hydrogen) atoms. The molecule has 1 atom stereocenters. The quantitative estimate of drug-likeness (QED) is 0.627. The number of rotatable bonds is 4. The number of alkyl halides is 1. The van der Waals surface area contributed by atoms with Gasteiger partial charge in [0.1, 0.15) is 0 Å². The molecule has 0 aromatic rings. The molecule has 0 amide bonds. The lowest BCUT2D eigenvalue weighted by atomic mass is 9.88. The van der Waals surface area contributed by atoms with Gasteiger partial charge in [-0.15, -0.1) is 11.6 Å². The van der Waals surface area contributed by atoms with E-state index in [1.165, 1.54) is 0 Å². The molecule has 0 aliphatic rings. The van der Waals surface area contributed by atoms with Crippen LogP contribution in [0.1, 0.15) is 27.2 Å². The van der Waals surface area contributed by atoms with Crippen LogP contribution in [-0.4, -0.2) is 19.0 Å². The Hall–Kier alpha value is 0.250. The summed E-state index contributed by atoms with van der Waals surface area (Å²) in [5.74, 6) is 0. The van der Waals surface area contributed by atoms with E-state index >= 15 is 0 Å². The van der Waals surface area contributed by atoms with E-state index in [4.69, 9.17) is 11.6 Å². The van der Waals surface area contributed by atoms with Gasteiger partial charge in [0, 0.05) is 11.9 Å². The maximum absolute atomic E-state index is 5.87. The van der Waals surface area contributed by atoms with E-state index in [-0.39, 0.29) is 5.38 Å². The van der Waals surface area contributed by atoms with Crippen molar-refractivity contribution in [3.05, 3.63) is 0 Å². The molecular weight excluding hydrogens is 146 g/mol. The molecule has 0 bridgehead atoms. The van der Waals surface area contributed by atoms with Crippen molar-refractivity contribution < 1.29 is 0 Å². The first kappa shape index (κ1) is 10.2. The largest absolute Gasteiger partial charge is 0.319 e. The summed E-state index contributed by atoms with van der Waals surface area (Å²) >= 11 is 5.87. The van der Waals surface area contributed by atoms with Crippen molar-refractivity contribution in [2.24, 2.45) is 5.41 Å². The molecule has 62 valence electrons. The van der Waals surface area contributed by atoms with Gasteiger partial charge in [-0.1, -0.05) is 13.8 Å². The average Bonchev–Trinajstić information content (AvgIpc) is 1.59. The Balaban J connectivity index is 3.63. The lowest BCUT2D eigenvalue weighted by Crippen LogP contribution is -2.28. The van der Waals surface area contributed by atoms with Crippen LogP contribution < -0.4 is 5.32 Å². The topological polar surface area (TPSA) is 12.0 Å². The van der Waals surface area contributed by atoms with E-state index < -0.39 is 0 Å². The zero-order chi connectivity index (χ0) is 8.20. The minimum atomic E-state index is 0.281. The van der Waals surface area contributed by atoms with Gasteiger partial charge in [-0.25, -0.2) is 0 Å². The van der Waals surface area contributed by atoms with Crippen molar-refractivity contribution in [2.75, 3.05) is 13.6 Å². The van der Waals surface area contributed by atoms with Gasteiger partial charge in [0.2, 0.25) is 0 Å². The molecule has 0 rings (SSSR count). The number of halogens is 1. The molecule has 0 spiro atoms. The summed E-state index contributed by atoms with van der Waals surface area (Å²) in [4.78, 5) is 0. The molecule has 1 nitrogen and oxygen atoms in total. The van der Waals surface area contributed by atoms with Crippen LogP contribution >= 0.6 is 11.6 Å². The fraction of sp³-hybridized carbons (Fsp3) is 1.00. The minimum absolute atomic E-state index is 0.281. The Morgan fingerprint density at radius 1 is 1.50 bits per heavy atom. The second-order valence-corrected chi connectivity index (χ2v) is 4.42. The monoisotopic (exact) mass is 163 g/mol. The van der Waals surface area contributed by atoms with Crippen LogP contribution in [0.2, 0.25) is 0 Å². The van der Waals surface area contributed by atoms with Crippen molar-refractivity contribution >= 4 is 11.6 Å². The van der Waals surface area contributed by atoms with Gasteiger partial charge in [-0.05, 0) is 25.8 Å². The van der Waals surface area contributed by atoms with Crippen molar-refractivity contribution in [1.29, 1.82) is 0 Å². The van der Waals surface area contributed by atoms with Crippen LogP contribution in [0, 0.1) is 5.41 Å². The highest BCUT2D eigenvalue weighted by molar-refractivity contribution is 6.20. The van der Waals surface area contributed by atoms with Gasteiger partial charge in [0.15, 0.2) is 0 Å². The standard InChI is InChI=1S/C8H18ClN/c1-7(9)5-8(2,3)6-10-4/h7,10H,5-6H2,1-4H3. The first-order valence-corrected chi connectivity index (χ1v) is 4.20. The number of nitrogens with one attached hydrogen (secondary N) is 1. The first-order valence-electron chi connectivity index (χ1n) is 3.76. The molecule has 0 aliphatic carbocycles. The first-order chi connectivity index (χ1) is 4.48. The van der Waals surface area contributed by atoms with Crippen LogP contribution in [0.15, 0.2) is 0 Å². The average molecular weight is 164 g/mol. The maximum Gasteiger partial charge on any atom is 0.0313 e. The molecule has 0 radical (unpaired) electrons. The van der Waals surface area contributed by atoms with E-state index in [9.17, 15) is 0 Å². The fourth-order valence-electron chi connectivity index (χ4n) is 1.31. The maximum atomic E-state index is 5.87. The molecule has 1 unspecified atom stereocenters. The normalized spacial score (nSPS) is 15.3. The summed E-state index contributed by atoms with van der Waals surface area (Å²) in [6, 6.07) is 0. The summed E-state index contributed by atoms with van der Waals surface area (Å²) in [5.41, 5.74) is 0.329. The van der Waals surface area contributed by atoms with Gasteiger partial charge in [0.05, 0.1) is 0 Å². The van der Waals surface area contributed by atoms with Gasteiger partial charge in [-0.2, -0.15) is 0 Å². The van der Waals surface area contributed by atoms with Crippen LogP contribution in [0.3, 0.4) is 0 Å². The molecule has 0 saturated carbocycles. The predicted octanol–water partition coefficient (Wildman–Crippen LogP) is 2.25. The van der Waals surface area contributed by atoms with E-state index in [0.29, 0.717) is 5.41 Å². The zero-order valence-electron chi connectivity index (χ0n) is 7.37. The lowest BCUT2D eigenvalue weighted by molar-refractivity contribution is 0.323. The molecule has 0 heterocycles. The summed E-state index contributed by atoms with van der Waals surface area (Å²) in [6.45, 7) is 7.52. The second-order valence-electron chi connectivity index (χ2n) is 3.68. The third-order valence-corrected chi connectivity index (χ3v) is 1.64. The van der Waals surface area contributed by atoms with Crippen molar-refractivity contribution in [2.45, 2.75) is 32.6 Å².